The van der Waals surface area contributed by atoms with E-state index in [0.29, 0.717) is 47.0 Å². The number of para-hydroxylation sites is 2. The molecule has 0 unspecified atom stereocenters. The van der Waals surface area contributed by atoms with Crippen LogP contribution in [0.1, 0.15) is 6.92 Å². The van der Waals surface area contributed by atoms with Crippen LogP contribution in [0.15, 0.2) is 64.8 Å². The number of aromatic nitrogens is 4. The number of hydrogen-bond donors (Lipinski definition) is 1. The molecule has 5 rings (SSSR count). The number of benzene rings is 2. The molecule has 174 valence electrons. The first-order valence-corrected chi connectivity index (χ1v) is 11.4. The Bertz CT molecular complexity index is 1430. The standard InChI is InChI=1S/C23H21N5O5S/c1-14(21(29)24-15-7-8-18-19(13-15)33-12-11-32-18)34-23-26-25-20-22(30)27(9-10-28(20)23)16-5-3-4-6-17(16)31-2/h3-10,13-14H,11-12H2,1-2H3,(H,24,29)/t14-/m0/s1. The third kappa shape index (κ3) is 4.05. The maximum absolute atomic E-state index is 13.1. The second-order valence-electron chi connectivity index (χ2n) is 7.43. The van der Waals surface area contributed by atoms with Crippen molar-refractivity contribution in [3.05, 3.63) is 65.2 Å². The van der Waals surface area contributed by atoms with Gasteiger partial charge in [-0.25, -0.2) is 0 Å². The van der Waals surface area contributed by atoms with Crippen LogP contribution in [-0.2, 0) is 4.79 Å². The van der Waals surface area contributed by atoms with Gasteiger partial charge in [-0.3, -0.25) is 18.6 Å². The van der Waals surface area contributed by atoms with Crippen molar-refractivity contribution in [1.82, 2.24) is 19.2 Å². The Morgan fingerprint density at radius 3 is 2.74 bits per heavy atom. The van der Waals surface area contributed by atoms with Crippen molar-refractivity contribution < 1.29 is 19.0 Å². The average Bonchev–Trinajstić information content (AvgIpc) is 3.27. The Labute approximate surface area is 198 Å². The molecule has 0 fully saturated rings. The van der Waals surface area contributed by atoms with Crippen molar-refractivity contribution in [2.45, 2.75) is 17.3 Å². The first-order valence-electron chi connectivity index (χ1n) is 10.5. The van der Waals surface area contributed by atoms with Crippen molar-refractivity contribution in [1.29, 1.82) is 0 Å². The minimum absolute atomic E-state index is 0.148. The molecule has 1 aliphatic heterocycles. The van der Waals surface area contributed by atoms with Gasteiger partial charge in [0.1, 0.15) is 19.0 Å². The summed E-state index contributed by atoms with van der Waals surface area (Å²) in [7, 11) is 1.55. The van der Waals surface area contributed by atoms with Gasteiger partial charge in [0.2, 0.25) is 11.6 Å². The SMILES string of the molecule is COc1ccccc1-n1ccn2c(S[C@@H](C)C(=O)Nc3ccc4c(c3)OCCO4)nnc2c1=O. The van der Waals surface area contributed by atoms with E-state index in [4.69, 9.17) is 14.2 Å². The van der Waals surface area contributed by atoms with E-state index in [1.165, 1.54) is 16.3 Å². The van der Waals surface area contributed by atoms with Gasteiger partial charge in [0.05, 0.1) is 18.0 Å². The van der Waals surface area contributed by atoms with Crippen LogP contribution >= 0.6 is 11.8 Å². The summed E-state index contributed by atoms with van der Waals surface area (Å²) in [5, 5.41) is 11.0. The van der Waals surface area contributed by atoms with E-state index in [2.05, 4.69) is 15.5 Å². The number of amides is 1. The predicted molar refractivity (Wildman–Crippen MR) is 127 cm³/mol. The fourth-order valence-electron chi connectivity index (χ4n) is 3.54. The Morgan fingerprint density at radius 2 is 1.91 bits per heavy atom. The van der Waals surface area contributed by atoms with Crippen LogP contribution in [0.25, 0.3) is 11.3 Å². The number of ether oxygens (including phenoxy) is 3. The first-order chi connectivity index (χ1) is 16.5. The van der Waals surface area contributed by atoms with Gasteiger partial charge in [0.25, 0.3) is 0 Å². The van der Waals surface area contributed by atoms with Crippen molar-refractivity contribution in [3.8, 4) is 22.9 Å². The Hall–Kier alpha value is -3.99. The lowest BCUT2D eigenvalue weighted by Gasteiger charge is -2.19. The number of hydrogen-bond acceptors (Lipinski definition) is 8. The zero-order valence-electron chi connectivity index (χ0n) is 18.4. The van der Waals surface area contributed by atoms with Gasteiger partial charge in [-0.15, -0.1) is 10.2 Å². The quantitative estimate of drug-likeness (QED) is 0.421. The van der Waals surface area contributed by atoms with Crippen LogP contribution in [0.3, 0.4) is 0 Å². The van der Waals surface area contributed by atoms with E-state index < -0.39 is 5.25 Å². The highest BCUT2D eigenvalue weighted by Crippen LogP contribution is 2.33. The number of methoxy groups -OCH3 is 1. The maximum atomic E-state index is 13.1. The molecule has 0 spiro atoms. The number of rotatable bonds is 6. The number of nitrogens with zero attached hydrogens (tertiary/aromatic N) is 4. The Balaban J connectivity index is 1.35. The molecule has 2 aromatic heterocycles. The molecular weight excluding hydrogens is 458 g/mol. The van der Waals surface area contributed by atoms with Gasteiger partial charge < -0.3 is 19.5 Å². The number of thioether (sulfide) groups is 1. The summed E-state index contributed by atoms with van der Waals surface area (Å²) in [6.07, 6.45) is 3.32. The summed E-state index contributed by atoms with van der Waals surface area (Å²) in [6.45, 7) is 2.73. The highest BCUT2D eigenvalue weighted by atomic mass is 32.2. The third-order valence-electron chi connectivity index (χ3n) is 5.25. The fraction of sp³-hybridized carbons (Fsp3) is 0.217. The van der Waals surface area contributed by atoms with E-state index in [-0.39, 0.29) is 17.1 Å². The van der Waals surface area contributed by atoms with Crippen LogP contribution in [-0.4, -0.2) is 50.6 Å². The second-order valence-corrected chi connectivity index (χ2v) is 8.74. The van der Waals surface area contributed by atoms with Crippen LogP contribution in [0.2, 0.25) is 0 Å². The summed E-state index contributed by atoms with van der Waals surface area (Å²) in [5.41, 5.74) is 1.00. The summed E-state index contributed by atoms with van der Waals surface area (Å²) in [5.74, 6) is 1.59. The molecular formula is C23H21N5O5S. The monoisotopic (exact) mass is 479 g/mol. The normalized spacial score (nSPS) is 13.5. The molecule has 0 saturated heterocycles. The molecule has 3 heterocycles. The molecule has 1 atom stereocenters. The average molecular weight is 480 g/mol. The summed E-state index contributed by atoms with van der Waals surface area (Å²) >= 11 is 1.20. The van der Waals surface area contributed by atoms with Gasteiger partial charge in [0.15, 0.2) is 16.7 Å². The lowest BCUT2D eigenvalue weighted by molar-refractivity contribution is -0.115. The topological polar surface area (TPSA) is 109 Å². The van der Waals surface area contributed by atoms with Crippen LogP contribution in [0, 0.1) is 0 Å². The van der Waals surface area contributed by atoms with Crippen LogP contribution < -0.4 is 25.1 Å². The van der Waals surface area contributed by atoms with E-state index in [0.717, 1.165) is 0 Å². The second kappa shape index (κ2) is 9.10. The largest absolute Gasteiger partial charge is 0.495 e. The Morgan fingerprint density at radius 1 is 1.12 bits per heavy atom. The number of nitrogens with one attached hydrogen (secondary N) is 1. The van der Waals surface area contributed by atoms with Crippen molar-refractivity contribution in [3.63, 3.8) is 0 Å². The molecule has 1 aliphatic rings. The number of fused-ring (bicyclic) bond motifs is 2. The zero-order valence-corrected chi connectivity index (χ0v) is 19.2. The first kappa shape index (κ1) is 21.8. The molecule has 10 nitrogen and oxygen atoms in total. The molecule has 0 saturated carbocycles. The van der Waals surface area contributed by atoms with E-state index >= 15 is 0 Å². The predicted octanol–water partition coefficient (Wildman–Crippen LogP) is 2.78. The molecule has 1 amide bonds. The summed E-state index contributed by atoms with van der Waals surface area (Å²) in [6, 6.07) is 12.5. The highest BCUT2D eigenvalue weighted by molar-refractivity contribution is 8.00. The van der Waals surface area contributed by atoms with E-state index in [9.17, 15) is 9.59 Å². The minimum atomic E-state index is -0.503. The van der Waals surface area contributed by atoms with E-state index in [1.807, 2.05) is 12.1 Å². The third-order valence-corrected chi connectivity index (χ3v) is 6.30. The smallest absolute Gasteiger partial charge is 0.300 e. The van der Waals surface area contributed by atoms with Gasteiger partial charge in [-0.1, -0.05) is 23.9 Å². The molecule has 11 heteroatoms. The maximum Gasteiger partial charge on any atom is 0.300 e. The molecule has 2 aromatic carbocycles. The number of carbonyl (C=O) groups is 1. The molecule has 4 aromatic rings. The lowest BCUT2D eigenvalue weighted by Crippen LogP contribution is -2.23. The summed E-state index contributed by atoms with van der Waals surface area (Å²) < 4.78 is 19.5. The van der Waals surface area contributed by atoms with Gasteiger partial charge in [-0.05, 0) is 31.2 Å². The molecule has 0 aliphatic carbocycles. The minimum Gasteiger partial charge on any atom is -0.495 e. The van der Waals surface area contributed by atoms with E-state index in [1.54, 1.807) is 61.2 Å². The fourth-order valence-corrected chi connectivity index (χ4v) is 4.37. The molecule has 0 bridgehead atoms. The van der Waals surface area contributed by atoms with Crippen LogP contribution in [0.5, 0.6) is 17.2 Å². The molecule has 0 radical (unpaired) electrons. The summed E-state index contributed by atoms with van der Waals surface area (Å²) in [4.78, 5) is 25.8. The van der Waals surface area contributed by atoms with Crippen molar-refractivity contribution in [2.75, 3.05) is 25.6 Å². The van der Waals surface area contributed by atoms with Gasteiger partial charge in [-0.2, -0.15) is 0 Å². The van der Waals surface area contributed by atoms with Crippen molar-refractivity contribution in [2.24, 2.45) is 0 Å². The Kier molecular flexibility index (Phi) is 5.84. The highest BCUT2D eigenvalue weighted by Gasteiger charge is 2.21. The zero-order chi connectivity index (χ0) is 23.7. The van der Waals surface area contributed by atoms with Gasteiger partial charge >= 0.3 is 5.56 Å². The number of anilines is 1. The van der Waals surface area contributed by atoms with Crippen LogP contribution in [0.4, 0.5) is 5.69 Å². The molecule has 34 heavy (non-hydrogen) atoms. The van der Waals surface area contributed by atoms with Crippen molar-refractivity contribution >= 4 is 29.0 Å². The molecule has 1 N–H and O–H groups in total. The van der Waals surface area contributed by atoms with Gasteiger partial charge in [0, 0.05) is 24.1 Å². The number of carbonyl (C=O) groups excluding carboxylic acids is 1. The lowest BCUT2D eigenvalue weighted by atomic mass is 10.2.